The van der Waals surface area contributed by atoms with Gasteiger partial charge >= 0.3 is 0 Å². The van der Waals surface area contributed by atoms with Gasteiger partial charge in [0.05, 0.1) is 37.7 Å². The fourth-order valence-electron chi connectivity index (χ4n) is 5.17. The van der Waals surface area contributed by atoms with E-state index in [-0.39, 0.29) is 11.9 Å². The van der Waals surface area contributed by atoms with E-state index >= 15 is 0 Å². The van der Waals surface area contributed by atoms with Crippen molar-refractivity contribution in [3.63, 3.8) is 0 Å². The molecule has 5 rings (SSSR count). The Bertz CT molecular complexity index is 1140. The Kier molecular flexibility index (Phi) is 7.55. The molecule has 2 aromatic carbocycles. The lowest BCUT2D eigenvalue weighted by Gasteiger charge is -2.38. The largest absolute Gasteiger partial charge is 0.497 e. The summed E-state index contributed by atoms with van der Waals surface area (Å²) in [5.41, 5.74) is 5.60. The minimum Gasteiger partial charge on any atom is -0.497 e. The van der Waals surface area contributed by atoms with E-state index in [0.29, 0.717) is 5.70 Å². The number of nitrogens with one attached hydrogen (secondary N) is 2. The molecule has 0 radical (unpaired) electrons. The number of ether oxygens (including phenoxy) is 2. The summed E-state index contributed by atoms with van der Waals surface area (Å²) in [5.74, 6) is 0.666. The van der Waals surface area contributed by atoms with E-state index in [2.05, 4.69) is 61.5 Å². The number of morpholine rings is 1. The van der Waals surface area contributed by atoms with Gasteiger partial charge in [-0.3, -0.25) is 9.69 Å². The highest BCUT2D eigenvalue weighted by molar-refractivity contribution is 6.07. The minimum atomic E-state index is -0.156. The summed E-state index contributed by atoms with van der Waals surface area (Å²) in [7, 11) is 7.92. The number of likely N-dealkylation sites (N-methyl/N-ethyl adjacent to an activating group) is 2. The second kappa shape index (κ2) is 11.0. The molecule has 198 valence electrons. The molecule has 0 aromatic heterocycles. The first-order valence-electron chi connectivity index (χ1n) is 13.0. The standard InChI is InChI=1S/C28H38N6O3/c1-31(2)25-19-24(28(35)29-20-5-7-21(8-6-20)33-13-15-37-16-14-33)30-27-23(25)17-22(36-4)18-26(27)34-11-9-32(3)10-12-34/h5-8,17-19,25,30H,9-16H2,1-4H3,(H,29,35). The van der Waals surface area contributed by atoms with Gasteiger partial charge in [0.15, 0.2) is 0 Å². The maximum Gasteiger partial charge on any atom is 0.271 e. The van der Waals surface area contributed by atoms with Crippen molar-refractivity contribution in [3.8, 4) is 5.75 Å². The lowest BCUT2D eigenvalue weighted by molar-refractivity contribution is -0.112. The van der Waals surface area contributed by atoms with Crippen LogP contribution in [0.15, 0.2) is 48.2 Å². The summed E-state index contributed by atoms with van der Waals surface area (Å²) in [6, 6.07) is 12.1. The van der Waals surface area contributed by atoms with Gasteiger partial charge < -0.3 is 34.8 Å². The summed E-state index contributed by atoms with van der Waals surface area (Å²) >= 11 is 0. The molecular formula is C28H38N6O3. The molecule has 3 aliphatic rings. The number of rotatable bonds is 6. The van der Waals surface area contributed by atoms with Crippen molar-refractivity contribution in [1.82, 2.24) is 9.80 Å². The number of fused-ring (bicyclic) bond motifs is 1. The summed E-state index contributed by atoms with van der Waals surface area (Å²) < 4.78 is 11.1. The number of amides is 1. The van der Waals surface area contributed by atoms with Crippen LogP contribution in [0.5, 0.6) is 5.75 Å². The third-order valence-corrected chi connectivity index (χ3v) is 7.41. The zero-order valence-electron chi connectivity index (χ0n) is 22.3. The van der Waals surface area contributed by atoms with Gasteiger partial charge in [-0.1, -0.05) is 0 Å². The second-order valence-electron chi connectivity index (χ2n) is 10.1. The number of benzene rings is 2. The maximum atomic E-state index is 13.5. The Balaban J connectivity index is 1.39. The third kappa shape index (κ3) is 5.53. The highest BCUT2D eigenvalue weighted by Gasteiger charge is 2.30. The van der Waals surface area contributed by atoms with Gasteiger partial charge in [-0.2, -0.15) is 0 Å². The normalized spacial score (nSPS) is 20.2. The number of anilines is 4. The molecule has 3 heterocycles. The molecule has 0 saturated carbocycles. The summed E-state index contributed by atoms with van der Waals surface area (Å²) in [5, 5.41) is 6.57. The molecule has 2 N–H and O–H groups in total. The van der Waals surface area contributed by atoms with E-state index in [1.54, 1.807) is 7.11 Å². The number of carbonyl (C=O) groups is 1. The van der Waals surface area contributed by atoms with Crippen molar-refractivity contribution in [1.29, 1.82) is 0 Å². The van der Waals surface area contributed by atoms with Gasteiger partial charge in [0.25, 0.3) is 5.91 Å². The molecular weight excluding hydrogens is 468 g/mol. The molecule has 2 fully saturated rings. The smallest absolute Gasteiger partial charge is 0.271 e. The fraction of sp³-hybridized carbons (Fsp3) is 0.464. The van der Waals surface area contributed by atoms with Gasteiger partial charge in [0.2, 0.25) is 0 Å². The molecule has 2 aromatic rings. The highest BCUT2D eigenvalue weighted by atomic mass is 16.5. The number of nitrogens with zero attached hydrogens (tertiary/aromatic N) is 4. The summed E-state index contributed by atoms with van der Waals surface area (Å²) in [6.07, 6.45) is 1.99. The average Bonchev–Trinajstić information content (AvgIpc) is 2.93. The number of hydrogen-bond donors (Lipinski definition) is 2. The van der Waals surface area contributed by atoms with E-state index in [4.69, 9.17) is 9.47 Å². The summed E-state index contributed by atoms with van der Waals surface area (Å²) in [4.78, 5) is 22.6. The van der Waals surface area contributed by atoms with E-state index in [9.17, 15) is 4.79 Å². The lowest BCUT2D eigenvalue weighted by atomic mass is 9.96. The predicted molar refractivity (Wildman–Crippen MR) is 149 cm³/mol. The molecule has 37 heavy (non-hydrogen) atoms. The van der Waals surface area contributed by atoms with Gasteiger partial charge in [0, 0.05) is 62.3 Å². The number of piperazine rings is 1. The van der Waals surface area contributed by atoms with E-state index in [1.165, 1.54) is 0 Å². The Hall–Kier alpha value is -3.27. The van der Waals surface area contributed by atoms with Crippen LogP contribution in [0.4, 0.5) is 22.7 Å². The van der Waals surface area contributed by atoms with Crippen molar-refractivity contribution in [2.45, 2.75) is 6.04 Å². The quantitative estimate of drug-likeness (QED) is 0.620. The first-order chi connectivity index (χ1) is 17.9. The Labute approximate surface area is 219 Å². The molecule has 1 atom stereocenters. The molecule has 1 unspecified atom stereocenters. The van der Waals surface area contributed by atoms with Gasteiger partial charge in [-0.05, 0) is 57.6 Å². The van der Waals surface area contributed by atoms with Gasteiger partial charge in [-0.15, -0.1) is 0 Å². The van der Waals surface area contributed by atoms with Crippen LogP contribution in [-0.4, -0.2) is 96.4 Å². The fourth-order valence-corrected chi connectivity index (χ4v) is 5.17. The van der Waals surface area contributed by atoms with Gasteiger partial charge in [-0.25, -0.2) is 0 Å². The number of carbonyl (C=O) groups excluding carboxylic acids is 1. The minimum absolute atomic E-state index is 0.0676. The van der Waals surface area contributed by atoms with Crippen LogP contribution in [0.2, 0.25) is 0 Å². The van der Waals surface area contributed by atoms with Crippen molar-refractivity contribution in [2.75, 3.05) is 101 Å². The van der Waals surface area contributed by atoms with Crippen LogP contribution >= 0.6 is 0 Å². The maximum absolute atomic E-state index is 13.5. The van der Waals surface area contributed by atoms with E-state index in [0.717, 1.165) is 86.5 Å². The third-order valence-electron chi connectivity index (χ3n) is 7.41. The SMILES string of the molecule is COc1cc2c(c(N3CCN(C)CC3)c1)NC(C(=O)Nc1ccc(N3CCOCC3)cc1)=CC2N(C)C. The van der Waals surface area contributed by atoms with E-state index < -0.39 is 0 Å². The zero-order valence-corrected chi connectivity index (χ0v) is 22.3. The first-order valence-corrected chi connectivity index (χ1v) is 13.0. The van der Waals surface area contributed by atoms with Crippen LogP contribution in [0.25, 0.3) is 0 Å². The van der Waals surface area contributed by atoms with E-state index in [1.807, 2.05) is 32.3 Å². The monoisotopic (exact) mass is 506 g/mol. The molecule has 0 spiro atoms. The van der Waals surface area contributed by atoms with Crippen LogP contribution in [0.3, 0.4) is 0 Å². The first kappa shape index (κ1) is 25.4. The molecule has 9 heteroatoms. The zero-order chi connectivity index (χ0) is 25.9. The van der Waals surface area contributed by atoms with Crippen LogP contribution in [-0.2, 0) is 9.53 Å². The molecule has 0 bridgehead atoms. The van der Waals surface area contributed by atoms with Crippen LogP contribution in [0, 0.1) is 0 Å². The molecule has 3 aliphatic heterocycles. The van der Waals surface area contributed by atoms with Crippen molar-refractivity contribution < 1.29 is 14.3 Å². The van der Waals surface area contributed by atoms with Crippen molar-refractivity contribution in [3.05, 3.63) is 53.7 Å². The molecule has 2 saturated heterocycles. The Morgan fingerprint density at radius 2 is 1.73 bits per heavy atom. The van der Waals surface area contributed by atoms with Crippen LogP contribution < -0.4 is 25.2 Å². The van der Waals surface area contributed by atoms with Crippen LogP contribution in [0.1, 0.15) is 11.6 Å². The second-order valence-corrected chi connectivity index (χ2v) is 10.1. The van der Waals surface area contributed by atoms with Crippen molar-refractivity contribution >= 4 is 28.7 Å². The molecule has 9 nitrogen and oxygen atoms in total. The number of methoxy groups -OCH3 is 1. The highest BCUT2D eigenvalue weighted by Crippen LogP contribution is 2.43. The Morgan fingerprint density at radius 3 is 2.38 bits per heavy atom. The van der Waals surface area contributed by atoms with Crippen molar-refractivity contribution in [2.24, 2.45) is 0 Å². The number of hydrogen-bond acceptors (Lipinski definition) is 8. The molecule has 1 amide bonds. The predicted octanol–water partition coefficient (Wildman–Crippen LogP) is 2.83. The average molecular weight is 507 g/mol. The summed E-state index contributed by atoms with van der Waals surface area (Å²) in [6.45, 7) is 7.09. The topological polar surface area (TPSA) is 72.5 Å². The van der Waals surface area contributed by atoms with Gasteiger partial charge in [0.1, 0.15) is 11.4 Å². The lowest BCUT2D eigenvalue weighted by Crippen LogP contribution is -2.45. The molecule has 0 aliphatic carbocycles. The Morgan fingerprint density at radius 1 is 1.03 bits per heavy atom.